The lowest BCUT2D eigenvalue weighted by Gasteiger charge is -2.26. The minimum atomic E-state index is -0.516. The Morgan fingerprint density at radius 1 is 1.32 bits per heavy atom. The molecule has 1 unspecified atom stereocenters. The molecule has 1 aromatic carbocycles. The molecular formula is C16H15N3O5S. The van der Waals surface area contributed by atoms with Gasteiger partial charge in [0, 0.05) is 12.3 Å². The lowest BCUT2D eigenvalue weighted by atomic mass is 10.2. The SMILES string of the molecule is O=C(CSc1ncccc1[N+](=O)[O-])NCC1COc2ccccc2O1. The number of thioether (sulfide) groups is 1. The molecule has 1 aliphatic rings. The maximum absolute atomic E-state index is 12.0. The fourth-order valence-corrected chi connectivity index (χ4v) is 3.00. The van der Waals surface area contributed by atoms with E-state index in [1.165, 1.54) is 18.3 Å². The quantitative estimate of drug-likeness (QED) is 0.477. The van der Waals surface area contributed by atoms with Crippen molar-refractivity contribution >= 4 is 23.4 Å². The summed E-state index contributed by atoms with van der Waals surface area (Å²) in [7, 11) is 0. The number of nitrogens with zero attached hydrogens (tertiary/aromatic N) is 2. The van der Waals surface area contributed by atoms with Gasteiger partial charge in [0.1, 0.15) is 12.7 Å². The molecule has 1 atom stereocenters. The van der Waals surface area contributed by atoms with Crippen molar-refractivity contribution in [1.82, 2.24) is 10.3 Å². The third kappa shape index (κ3) is 4.38. The fourth-order valence-electron chi connectivity index (χ4n) is 2.21. The van der Waals surface area contributed by atoms with Gasteiger partial charge in [-0.1, -0.05) is 23.9 Å². The second-order valence-electron chi connectivity index (χ2n) is 5.18. The van der Waals surface area contributed by atoms with Crippen molar-refractivity contribution in [3.63, 3.8) is 0 Å². The van der Waals surface area contributed by atoms with E-state index in [0.29, 0.717) is 18.1 Å². The molecule has 0 aliphatic carbocycles. The first-order valence-electron chi connectivity index (χ1n) is 7.51. The first-order chi connectivity index (χ1) is 12.1. The molecule has 25 heavy (non-hydrogen) atoms. The van der Waals surface area contributed by atoms with Gasteiger partial charge in [-0.3, -0.25) is 14.9 Å². The van der Waals surface area contributed by atoms with Gasteiger partial charge in [-0.05, 0) is 18.2 Å². The van der Waals surface area contributed by atoms with E-state index in [4.69, 9.17) is 9.47 Å². The number of aromatic nitrogens is 1. The summed E-state index contributed by atoms with van der Waals surface area (Å²) in [6.07, 6.45) is 1.17. The highest BCUT2D eigenvalue weighted by Gasteiger charge is 2.21. The number of amides is 1. The van der Waals surface area contributed by atoms with Gasteiger partial charge in [0.2, 0.25) is 5.91 Å². The van der Waals surface area contributed by atoms with Crippen molar-refractivity contribution in [1.29, 1.82) is 0 Å². The Labute approximate surface area is 147 Å². The van der Waals surface area contributed by atoms with E-state index in [1.807, 2.05) is 18.2 Å². The molecule has 0 saturated carbocycles. The van der Waals surface area contributed by atoms with E-state index < -0.39 is 4.92 Å². The Hall–Kier alpha value is -2.81. The minimum absolute atomic E-state index is 0.0298. The number of ether oxygens (including phenoxy) is 2. The van der Waals surface area contributed by atoms with Crippen LogP contribution >= 0.6 is 11.8 Å². The summed E-state index contributed by atoms with van der Waals surface area (Å²) in [5.41, 5.74) is -0.110. The molecule has 1 aromatic heterocycles. The van der Waals surface area contributed by atoms with Crippen LogP contribution in [-0.2, 0) is 4.79 Å². The van der Waals surface area contributed by atoms with Crippen molar-refractivity contribution < 1.29 is 19.2 Å². The van der Waals surface area contributed by atoms with E-state index in [2.05, 4.69) is 10.3 Å². The van der Waals surface area contributed by atoms with Crippen molar-refractivity contribution in [3.8, 4) is 11.5 Å². The molecular weight excluding hydrogens is 346 g/mol. The maximum atomic E-state index is 12.0. The summed E-state index contributed by atoms with van der Waals surface area (Å²) in [6.45, 7) is 0.633. The van der Waals surface area contributed by atoms with Crippen molar-refractivity contribution in [2.75, 3.05) is 18.9 Å². The topological polar surface area (TPSA) is 104 Å². The van der Waals surface area contributed by atoms with Crippen LogP contribution in [0.3, 0.4) is 0 Å². The summed E-state index contributed by atoms with van der Waals surface area (Å²) >= 11 is 1.02. The van der Waals surface area contributed by atoms with Crippen LogP contribution < -0.4 is 14.8 Å². The Bertz CT molecular complexity index is 786. The normalized spacial score (nSPS) is 15.4. The van der Waals surface area contributed by atoms with Crippen LogP contribution in [0, 0.1) is 10.1 Å². The Morgan fingerprint density at radius 2 is 2.12 bits per heavy atom. The van der Waals surface area contributed by atoms with E-state index >= 15 is 0 Å². The predicted octanol–water partition coefficient (Wildman–Crippen LogP) is 2.04. The minimum Gasteiger partial charge on any atom is -0.486 e. The van der Waals surface area contributed by atoms with Crippen LogP contribution in [0.15, 0.2) is 47.6 Å². The predicted molar refractivity (Wildman–Crippen MR) is 91.0 cm³/mol. The van der Waals surface area contributed by atoms with Gasteiger partial charge in [-0.2, -0.15) is 0 Å². The monoisotopic (exact) mass is 361 g/mol. The Morgan fingerprint density at radius 3 is 2.92 bits per heavy atom. The molecule has 0 bridgehead atoms. The summed E-state index contributed by atoms with van der Waals surface area (Å²) in [5, 5.41) is 13.9. The summed E-state index contributed by atoms with van der Waals surface area (Å²) in [5.74, 6) is 1.10. The highest BCUT2D eigenvalue weighted by atomic mass is 32.2. The zero-order valence-corrected chi connectivity index (χ0v) is 13.9. The van der Waals surface area contributed by atoms with Gasteiger partial charge in [0.25, 0.3) is 0 Å². The van der Waals surface area contributed by atoms with E-state index in [1.54, 1.807) is 6.07 Å². The molecule has 0 saturated heterocycles. The van der Waals surface area contributed by atoms with Crippen molar-refractivity contribution in [3.05, 3.63) is 52.7 Å². The average Bonchev–Trinajstić information content (AvgIpc) is 2.64. The molecule has 0 fully saturated rings. The highest BCUT2D eigenvalue weighted by Crippen LogP contribution is 2.30. The summed E-state index contributed by atoms with van der Waals surface area (Å²) in [4.78, 5) is 26.3. The molecule has 1 N–H and O–H groups in total. The van der Waals surface area contributed by atoms with E-state index in [0.717, 1.165) is 11.8 Å². The smallest absolute Gasteiger partial charge is 0.301 e. The number of rotatable bonds is 6. The second-order valence-corrected chi connectivity index (χ2v) is 6.14. The van der Waals surface area contributed by atoms with Crippen LogP contribution in [-0.4, -0.2) is 40.8 Å². The average molecular weight is 361 g/mol. The number of pyridine rings is 1. The third-order valence-corrected chi connectivity index (χ3v) is 4.38. The number of hydrogen-bond donors (Lipinski definition) is 1. The van der Waals surface area contributed by atoms with Crippen molar-refractivity contribution in [2.45, 2.75) is 11.1 Å². The van der Waals surface area contributed by atoms with E-state index in [9.17, 15) is 14.9 Å². The number of carbonyl (C=O) groups is 1. The highest BCUT2D eigenvalue weighted by molar-refractivity contribution is 8.00. The number of nitro groups is 1. The first-order valence-corrected chi connectivity index (χ1v) is 8.49. The van der Waals surface area contributed by atoms with Crippen LogP contribution in [0.2, 0.25) is 0 Å². The standard InChI is InChI=1S/C16H15N3O5S/c20-15(10-25-16-12(19(21)22)4-3-7-17-16)18-8-11-9-23-13-5-1-2-6-14(13)24-11/h1-7,11H,8-10H2,(H,18,20). The van der Waals surface area contributed by atoms with Gasteiger partial charge in [0.15, 0.2) is 16.5 Å². The molecule has 1 aliphatic heterocycles. The lowest BCUT2D eigenvalue weighted by molar-refractivity contribution is -0.388. The molecule has 9 heteroatoms. The lowest BCUT2D eigenvalue weighted by Crippen LogP contribution is -2.41. The molecule has 1 amide bonds. The summed E-state index contributed by atoms with van der Waals surface area (Å²) in [6, 6.07) is 10.2. The fraction of sp³-hybridized carbons (Fsp3) is 0.250. The van der Waals surface area contributed by atoms with Gasteiger partial charge in [-0.15, -0.1) is 0 Å². The van der Waals surface area contributed by atoms with Gasteiger partial charge in [-0.25, -0.2) is 4.98 Å². The zero-order chi connectivity index (χ0) is 17.6. The van der Waals surface area contributed by atoms with Crippen molar-refractivity contribution in [2.24, 2.45) is 0 Å². The number of hydrogen-bond acceptors (Lipinski definition) is 7. The zero-order valence-electron chi connectivity index (χ0n) is 13.1. The number of carbonyl (C=O) groups excluding carboxylic acids is 1. The number of fused-ring (bicyclic) bond motifs is 1. The number of para-hydroxylation sites is 2. The van der Waals surface area contributed by atoms with Gasteiger partial charge in [0.05, 0.1) is 17.2 Å². The van der Waals surface area contributed by atoms with Crippen LogP contribution in [0.1, 0.15) is 0 Å². The van der Waals surface area contributed by atoms with Crippen LogP contribution in [0.4, 0.5) is 5.69 Å². The van der Waals surface area contributed by atoms with Crippen LogP contribution in [0.25, 0.3) is 0 Å². The molecule has 2 heterocycles. The third-order valence-electron chi connectivity index (χ3n) is 3.38. The van der Waals surface area contributed by atoms with Crippen LogP contribution in [0.5, 0.6) is 11.5 Å². The van der Waals surface area contributed by atoms with E-state index in [-0.39, 0.29) is 35.0 Å². The molecule has 8 nitrogen and oxygen atoms in total. The largest absolute Gasteiger partial charge is 0.486 e. The Balaban J connectivity index is 1.47. The molecule has 0 radical (unpaired) electrons. The summed E-state index contributed by atoms with van der Waals surface area (Å²) < 4.78 is 11.3. The number of benzene rings is 1. The molecule has 2 aromatic rings. The number of nitrogens with one attached hydrogen (secondary N) is 1. The van der Waals surface area contributed by atoms with Gasteiger partial charge >= 0.3 is 5.69 Å². The Kier molecular flexibility index (Phi) is 5.34. The second kappa shape index (κ2) is 7.84. The molecule has 0 spiro atoms. The maximum Gasteiger partial charge on any atom is 0.301 e. The van der Waals surface area contributed by atoms with Gasteiger partial charge < -0.3 is 14.8 Å². The molecule has 3 rings (SSSR count). The molecule has 130 valence electrons. The first kappa shape index (κ1) is 17.0.